The van der Waals surface area contributed by atoms with Gasteiger partial charge in [0.25, 0.3) is 0 Å². The van der Waals surface area contributed by atoms with Gasteiger partial charge < -0.3 is 9.84 Å². The number of ether oxygens (including phenoxy) is 1. The standard InChI is InChI=1S/C12H22O2/c1-4-6-10-7-5-8-11(14-10)12(13)9(2)3/h4,9-13H,1,5-8H2,2-3H3/t10-,11+,12-/m0/s1. The molecule has 3 atom stereocenters. The van der Waals surface area contributed by atoms with Gasteiger partial charge in [-0.3, -0.25) is 0 Å². The first-order chi connectivity index (χ1) is 6.65. The van der Waals surface area contributed by atoms with Crippen LogP contribution in [0.25, 0.3) is 0 Å². The number of aliphatic hydroxyl groups excluding tert-OH is 1. The van der Waals surface area contributed by atoms with E-state index in [-0.39, 0.29) is 24.2 Å². The molecule has 1 fully saturated rings. The second-order valence-corrected chi connectivity index (χ2v) is 4.49. The topological polar surface area (TPSA) is 29.5 Å². The first kappa shape index (κ1) is 11.7. The fourth-order valence-corrected chi connectivity index (χ4v) is 1.97. The summed E-state index contributed by atoms with van der Waals surface area (Å²) >= 11 is 0. The molecule has 0 aliphatic carbocycles. The summed E-state index contributed by atoms with van der Waals surface area (Å²) in [6, 6.07) is 0. The highest BCUT2D eigenvalue weighted by Crippen LogP contribution is 2.25. The molecule has 14 heavy (non-hydrogen) atoms. The maximum absolute atomic E-state index is 9.89. The Hall–Kier alpha value is -0.340. The van der Waals surface area contributed by atoms with Gasteiger partial charge in [0.05, 0.1) is 18.3 Å². The van der Waals surface area contributed by atoms with Crippen molar-refractivity contribution in [3.63, 3.8) is 0 Å². The molecule has 0 spiro atoms. The molecule has 0 unspecified atom stereocenters. The first-order valence-electron chi connectivity index (χ1n) is 5.59. The lowest BCUT2D eigenvalue weighted by atomic mass is 9.93. The molecule has 0 aromatic heterocycles. The molecule has 1 rings (SSSR count). The predicted molar refractivity (Wildman–Crippen MR) is 58.2 cm³/mol. The Kier molecular flexibility index (Phi) is 4.63. The van der Waals surface area contributed by atoms with E-state index < -0.39 is 0 Å². The zero-order chi connectivity index (χ0) is 10.6. The average molecular weight is 198 g/mol. The van der Waals surface area contributed by atoms with E-state index in [4.69, 9.17) is 4.74 Å². The van der Waals surface area contributed by atoms with Crippen LogP contribution in [0, 0.1) is 5.92 Å². The van der Waals surface area contributed by atoms with Crippen LogP contribution in [0.1, 0.15) is 39.5 Å². The van der Waals surface area contributed by atoms with Crippen molar-refractivity contribution in [2.45, 2.75) is 57.8 Å². The SMILES string of the molecule is C=CC[C@H]1CCC[C@H]([C@@H](O)C(C)C)O1. The van der Waals surface area contributed by atoms with Crippen molar-refractivity contribution in [1.29, 1.82) is 0 Å². The molecule has 0 bridgehead atoms. The Morgan fingerprint density at radius 1 is 1.50 bits per heavy atom. The van der Waals surface area contributed by atoms with Crippen LogP contribution in [-0.4, -0.2) is 23.4 Å². The Labute approximate surface area is 87.0 Å². The van der Waals surface area contributed by atoms with E-state index in [1.165, 1.54) is 0 Å². The molecule has 0 saturated carbocycles. The van der Waals surface area contributed by atoms with E-state index in [0.717, 1.165) is 25.7 Å². The quantitative estimate of drug-likeness (QED) is 0.703. The van der Waals surface area contributed by atoms with Crippen molar-refractivity contribution in [3.05, 3.63) is 12.7 Å². The zero-order valence-corrected chi connectivity index (χ0v) is 9.28. The summed E-state index contributed by atoms with van der Waals surface area (Å²) in [6.07, 6.45) is 6.06. The molecule has 1 saturated heterocycles. The second-order valence-electron chi connectivity index (χ2n) is 4.49. The van der Waals surface area contributed by atoms with Gasteiger partial charge in [-0.05, 0) is 31.6 Å². The van der Waals surface area contributed by atoms with Crippen LogP contribution >= 0.6 is 0 Å². The lowest BCUT2D eigenvalue weighted by Gasteiger charge is -2.34. The van der Waals surface area contributed by atoms with E-state index in [1.807, 2.05) is 19.9 Å². The summed E-state index contributed by atoms with van der Waals surface area (Å²) < 4.78 is 5.83. The summed E-state index contributed by atoms with van der Waals surface area (Å²) in [5.41, 5.74) is 0. The summed E-state index contributed by atoms with van der Waals surface area (Å²) in [5, 5.41) is 9.89. The van der Waals surface area contributed by atoms with Gasteiger partial charge in [-0.15, -0.1) is 6.58 Å². The zero-order valence-electron chi connectivity index (χ0n) is 9.28. The van der Waals surface area contributed by atoms with Gasteiger partial charge >= 0.3 is 0 Å². The molecular formula is C12H22O2. The average Bonchev–Trinajstić information content (AvgIpc) is 2.17. The summed E-state index contributed by atoms with van der Waals surface area (Å²) in [5.74, 6) is 0.280. The third-order valence-electron chi connectivity index (χ3n) is 2.88. The molecule has 1 aliphatic heterocycles. The smallest absolute Gasteiger partial charge is 0.0840 e. The van der Waals surface area contributed by atoms with Gasteiger partial charge in [0.15, 0.2) is 0 Å². The highest BCUT2D eigenvalue weighted by atomic mass is 16.5. The molecule has 0 aromatic rings. The molecule has 1 heterocycles. The second kappa shape index (κ2) is 5.52. The molecule has 2 nitrogen and oxygen atoms in total. The van der Waals surface area contributed by atoms with Crippen molar-refractivity contribution in [1.82, 2.24) is 0 Å². The van der Waals surface area contributed by atoms with E-state index in [2.05, 4.69) is 6.58 Å². The minimum absolute atomic E-state index is 0.0358. The maximum Gasteiger partial charge on any atom is 0.0840 e. The minimum atomic E-state index is -0.317. The summed E-state index contributed by atoms with van der Waals surface area (Å²) in [4.78, 5) is 0. The van der Waals surface area contributed by atoms with Crippen molar-refractivity contribution < 1.29 is 9.84 Å². The van der Waals surface area contributed by atoms with Crippen LogP contribution in [0.4, 0.5) is 0 Å². The number of aliphatic hydroxyl groups is 1. The van der Waals surface area contributed by atoms with Crippen LogP contribution in [-0.2, 0) is 4.74 Å². The molecule has 0 aromatic carbocycles. The maximum atomic E-state index is 9.89. The highest BCUT2D eigenvalue weighted by molar-refractivity contribution is 4.82. The molecular weight excluding hydrogens is 176 g/mol. The van der Waals surface area contributed by atoms with Crippen molar-refractivity contribution >= 4 is 0 Å². The van der Waals surface area contributed by atoms with Crippen LogP contribution in [0.2, 0.25) is 0 Å². The predicted octanol–water partition coefficient (Wildman–Crippen LogP) is 2.52. The normalized spacial score (nSPS) is 30.3. The number of hydrogen-bond acceptors (Lipinski definition) is 2. The van der Waals surface area contributed by atoms with Gasteiger partial charge in [-0.2, -0.15) is 0 Å². The fraction of sp³-hybridized carbons (Fsp3) is 0.833. The van der Waals surface area contributed by atoms with Crippen LogP contribution in [0.15, 0.2) is 12.7 Å². The van der Waals surface area contributed by atoms with E-state index >= 15 is 0 Å². The first-order valence-corrected chi connectivity index (χ1v) is 5.59. The van der Waals surface area contributed by atoms with E-state index in [1.54, 1.807) is 0 Å². The Balaban J connectivity index is 2.42. The summed E-state index contributed by atoms with van der Waals surface area (Å²) in [6.45, 7) is 7.78. The van der Waals surface area contributed by atoms with Crippen LogP contribution in [0.5, 0.6) is 0 Å². The Morgan fingerprint density at radius 2 is 2.21 bits per heavy atom. The van der Waals surface area contributed by atoms with Gasteiger partial charge in [0, 0.05) is 0 Å². The van der Waals surface area contributed by atoms with Gasteiger partial charge in [0.1, 0.15) is 0 Å². The van der Waals surface area contributed by atoms with Gasteiger partial charge in [0.2, 0.25) is 0 Å². The van der Waals surface area contributed by atoms with Gasteiger partial charge in [-0.1, -0.05) is 19.9 Å². The highest BCUT2D eigenvalue weighted by Gasteiger charge is 2.28. The lowest BCUT2D eigenvalue weighted by Crippen LogP contribution is -2.39. The Bertz CT molecular complexity index is 177. The third-order valence-corrected chi connectivity index (χ3v) is 2.88. The third kappa shape index (κ3) is 3.10. The molecule has 0 amide bonds. The Morgan fingerprint density at radius 3 is 2.79 bits per heavy atom. The number of rotatable bonds is 4. The molecule has 1 aliphatic rings. The summed E-state index contributed by atoms with van der Waals surface area (Å²) in [7, 11) is 0. The largest absolute Gasteiger partial charge is 0.390 e. The van der Waals surface area contributed by atoms with E-state index in [0.29, 0.717) is 0 Å². The molecule has 1 N–H and O–H groups in total. The van der Waals surface area contributed by atoms with Crippen molar-refractivity contribution in [2.75, 3.05) is 0 Å². The number of hydrogen-bond donors (Lipinski definition) is 1. The van der Waals surface area contributed by atoms with Gasteiger partial charge in [-0.25, -0.2) is 0 Å². The molecule has 2 heteroatoms. The fourth-order valence-electron chi connectivity index (χ4n) is 1.97. The van der Waals surface area contributed by atoms with Crippen LogP contribution in [0.3, 0.4) is 0 Å². The van der Waals surface area contributed by atoms with Crippen molar-refractivity contribution in [3.8, 4) is 0 Å². The molecule has 82 valence electrons. The lowest BCUT2D eigenvalue weighted by molar-refractivity contribution is -0.115. The van der Waals surface area contributed by atoms with Crippen LogP contribution < -0.4 is 0 Å². The molecule has 0 radical (unpaired) electrons. The van der Waals surface area contributed by atoms with Crippen molar-refractivity contribution in [2.24, 2.45) is 5.92 Å². The van der Waals surface area contributed by atoms with E-state index in [9.17, 15) is 5.11 Å². The minimum Gasteiger partial charge on any atom is -0.390 e. The monoisotopic (exact) mass is 198 g/mol.